The van der Waals surface area contributed by atoms with Crippen molar-refractivity contribution in [3.05, 3.63) is 69.7 Å². The molecule has 0 saturated carbocycles. The second kappa shape index (κ2) is 5.81. The molecule has 0 heterocycles. The highest BCUT2D eigenvalue weighted by molar-refractivity contribution is 9.10. The molecule has 0 radical (unpaired) electrons. The van der Waals surface area contributed by atoms with Crippen LogP contribution in [0.25, 0.3) is 0 Å². The van der Waals surface area contributed by atoms with Crippen LogP contribution in [-0.2, 0) is 6.42 Å². The van der Waals surface area contributed by atoms with E-state index in [0.29, 0.717) is 15.6 Å². The molecule has 0 fully saturated rings. The average molecular weight is 332 g/mol. The lowest BCUT2D eigenvalue weighted by atomic mass is 10.0. The van der Waals surface area contributed by atoms with Gasteiger partial charge >= 0.3 is 0 Å². The summed E-state index contributed by atoms with van der Waals surface area (Å²) in [6.45, 7) is 0. The summed E-state index contributed by atoms with van der Waals surface area (Å²) in [5.41, 5.74) is 0.864. The van der Waals surface area contributed by atoms with Crippen LogP contribution in [-0.4, -0.2) is 0 Å². The molecule has 1 unspecified atom stereocenters. The number of rotatable bonds is 3. The molecule has 0 aliphatic heterocycles. The standard InChI is InChI=1S/C14H10BrClF2/c15-10-5-6-11(14(18)8-10)12(16)7-9-3-1-2-4-13(9)17/h1-6,8,12H,7H2. The van der Waals surface area contributed by atoms with Gasteiger partial charge in [0, 0.05) is 10.0 Å². The van der Waals surface area contributed by atoms with Crippen molar-refractivity contribution in [2.24, 2.45) is 0 Å². The Bertz CT molecular complexity index is 557. The van der Waals surface area contributed by atoms with Gasteiger partial charge in [-0.1, -0.05) is 40.2 Å². The maximum Gasteiger partial charge on any atom is 0.129 e. The molecule has 0 aliphatic carbocycles. The average Bonchev–Trinajstić information content (AvgIpc) is 2.32. The zero-order valence-electron chi connectivity index (χ0n) is 9.34. The topological polar surface area (TPSA) is 0 Å². The van der Waals surface area contributed by atoms with E-state index in [4.69, 9.17) is 11.6 Å². The predicted octanol–water partition coefficient (Wildman–Crippen LogP) is 5.25. The Morgan fingerprint density at radius 2 is 1.78 bits per heavy atom. The minimum absolute atomic E-state index is 0.257. The van der Waals surface area contributed by atoms with Crippen molar-refractivity contribution in [3.63, 3.8) is 0 Å². The Morgan fingerprint density at radius 1 is 1.06 bits per heavy atom. The van der Waals surface area contributed by atoms with Crippen molar-refractivity contribution in [2.75, 3.05) is 0 Å². The van der Waals surface area contributed by atoms with Crippen LogP contribution in [0.2, 0.25) is 0 Å². The van der Waals surface area contributed by atoms with Crippen LogP contribution in [0, 0.1) is 11.6 Å². The van der Waals surface area contributed by atoms with Crippen LogP contribution in [0.5, 0.6) is 0 Å². The fraction of sp³-hybridized carbons (Fsp3) is 0.143. The van der Waals surface area contributed by atoms with Gasteiger partial charge in [-0.3, -0.25) is 0 Å². The number of halogens is 4. The molecule has 94 valence electrons. The van der Waals surface area contributed by atoms with Gasteiger partial charge in [-0.25, -0.2) is 8.78 Å². The van der Waals surface area contributed by atoms with Crippen molar-refractivity contribution in [1.82, 2.24) is 0 Å². The Morgan fingerprint density at radius 3 is 2.44 bits per heavy atom. The minimum atomic E-state index is -0.588. The quantitative estimate of drug-likeness (QED) is 0.674. The first-order valence-electron chi connectivity index (χ1n) is 5.40. The van der Waals surface area contributed by atoms with Gasteiger partial charge in [0.1, 0.15) is 11.6 Å². The molecule has 0 bridgehead atoms. The first-order chi connectivity index (χ1) is 8.58. The molecule has 2 aromatic carbocycles. The molecular weight excluding hydrogens is 322 g/mol. The van der Waals surface area contributed by atoms with Crippen LogP contribution in [0.4, 0.5) is 8.78 Å². The third-order valence-corrected chi connectivity index (χ3v) is 3.54. The van der Waals surface area contributed by atoms with Crippen molar-refractivity contribution >= 4 is 27.5 Å². The monoisotopic (exact) mass is 330 g/mol. The number of hydrogen-bond acceptors (Lipinski definition) is 0. The van der Waals surface area contributed by atoms with Crippen LogP contribution in [0.3, 0.4) is 0 Å². The number of hydrogen-bond donors (Lipinski definition) is 0. The van der Waals surface area contributed by atoms with Gasteiger partial charge in [0.2, 0.25) is 0 Å². The molecule has 18 heavy (non-hydrogen) atoms. The maximum absolute atomic E-state index is 13.7. The molecule has 2 rings (SSSR count). The van der Waals surface area contributed by atoms with Gasteiger partial charge in [-0.15, -0.1) is 11.6 Å². The van der Waals surface area contributed by atoms with Gasteiger partial charge in [0.05, 0.1) is 5.38 Å². The summed E-state index contributed by atoms with van der Waals surface area (Å²) in [7, 11) is 0. The Labute approximate surface area is 118 Å². The zero-order chi connectivity index (χ0) is 13.1. The molecule has 1 atom stereocenters. The first-order valence-corrected chi connectivity index (χ1v) is 6.63. The van der Waals surface area contributed by atoms with Crippen molar-refractivity contribution in [3.8, 4) is 0 Å². The Balaban J connectivity index is 2.22. The lowest BCUT2D eigenvalue weighted by molar-refractivity contribution is 0.591. The zero-order valence-corrected chi connectivity index (χ0v) is 11.7. The molecule has 0 N–H and O–H groups in total. The van der Waals surface area contributed by atoms with E-state index in [1.165, 1.54) is 12.1 Å². The molecule has 0 aromatic heterocycles. The van der Waals surface area contributed by atoms with Crippen LogP contribution in [0.1, 0.15) is 16.5 Å². The fourth-order valence-electron chi connectivity index (χ4n) is 1.72. The summed E-state index contributed by atoms with van der Waals surface area (Å²) in [5.74, 6) is -0.707. The summed E-state index contributed by atoms with van der Waals surface area (Å²) < 4.78 is 27.8. The van der Waals surface area contributed by atoms with E-state index in [1.54, 1.807) is 30.3 Å². The molecular formula is C14H10BrClF2. The molecule has 0 saturated heterocycles. The molecule has 2 aromatic rings. The molecule has 0 nitrogen and oxygen atoms in total. The van der Waals surface area contributed by atoms with Crippen LogP contribution in [0.15, 0.2) is 46.9 Å². The largest absolute Gasteiger partial charge is 0.207 e. The smallest absolute Gasteiger partial charge is 0.129 e. The summed E-state index contributed by atoms with van der Waals surface area (Å²) in [4.78, 5) is 0. The predicted molar refractivity (Wildman–Crippen MR) is 72.8 cm³/mol. The van der Waals surface area contributed by atoms with Gasteiger partial charge in [0.15, 0.2) is 0 Å². The van der Waals surface area contributed by atoms with E-state index in [-0.39, 0.29) is 18.1 Å². The second-order valence-electron chi connectivity index (χ2n) is 3.93. The Hall–Kier alpha value is -0.930. The minimum Gasteiger partial charge on any atom is -0.207 e. The lowest BCUT2D eigenvalue weighted by Crippen LogP contribution is -2.01. The van der Waals surface area contributed by atoms with E-state index in [1.807, 2.05) is 0 Å². The van der Waals surface area contributed by atoms with Crippen molar-refractivity contribution in [2.45, 2.75) is 11.8 Å². The van der Waals surface area contributed by atoms with E-state index in [0.717, 1.165) is 0 Å². The van der Waals surface area contributed by atoms with E-state index in [2.05, 4.69) is 15.9 Å². The van der Waals surface area contributed by atoms with Gasteiger partial charge in [0.25, 0.3) is 0 Å². The number of alkyl halides is 1. The van der Waals surface area contributed by atoms with E-state index >= 15 is 0 Å². The Kier molecular flexibility index (Phi) is 4.36. The maximum atomic E-state index is 13.7. The molecule has 0 aliphatic rings. The van der Waals surface area contributed by atoms with E-state index < -0.39 is 5.38 Å². The SMILES string of the molecule is Fc1ccccc1CC(Cl)c1ccc(Br)cc1F. The summed E-state index contributed by atoms with van der Waals surface area (Å²) in [6.07, 6.45) is 0.257. The highest BCUT2D eigenvalue weighted by Crippen LogP contribution is 2.29. The molecule has 0 amide bonds. The third kappa shape index (κ3) is 3.09. The summed E-state index contributed by atoms with van der Waals surface area (Å²) in [5, 5.41) is -0.588. The molecule has 0 spiro atoms. The summed E-state index contributed by atoms with van der Waals surface area (Å²) in [6, 6.07) is 11.1. The van der Waals surface area contributed by atoms with Gasteiger partial charge in [-0.05, 0) is 30.2 Å². The normalized spacial score (nSPS) is 12.4. The highest BCUT2D eigenvalue weighted by atomic mass is 79.9. The first kappa shape index (κ1) is 13.5. The highest BCUT2D eigenvalue weighted by Gasteiger charge is 2.15. The fourth-order valence-corrected chi connectivity index (χ4v) is 2.40. The summed E-state index contributed by atoms with van der Waals surface area (Å²) >= 11 is 9.33. The molecule has 4 heteroatoms. The van der Waals surface area contributed by atoms with Crippen LogP contribution >= 0.6 is 27.5 Å². The van der Waals surface area contributed by atoms with Gasteiger partial charge in [-0.2, -0.15) is 0 Å². The second-order valence-corrected chi connectivity index (χ2v) is 5.37. The van der Waals surface area contributed by atoms with Gasteiger partial charge < -0.3 is 0 Å². The van der Waals surface area contributed by atoms with E-state index in [9.17, 15) is 8.78 Å². The lowest BCUT2D eigenvalue weighted by Gasteiger charge is -2.11. The van der Waals surface area contributed by atoms with Crippen molar-refractivity contribution in [1.29, 1.82) is 0 Å². The van der Waals surface area contributed by atoms with Crippen LogP contribution < -0.4 is 0 Å². The van der Waals surface area contributed by atoms with Crippen molar-refractivity contribution < 1.29 is 8.78 Å². The third-order valence-electron chi connectivity index (χ3n) is 2.66. The number of benzene rings is 2.